The summed E-state index contributed by atoms with van der Waals surface area (Å²) in [4.78, 5) is 16.2. The average Bonchev–Trinajstić information content (AvgIpc) is 2.63. The summed E-state index contributed by atoms with van der Waals surface area (Å²) in [6.07, 6.45) is 1.32. The summed E-state index contributed by atoms with van der Waals surface area (Å²) in [7, 11) is 1.20. The van der Waals surface area contributed by atoms with Crippen LogP contribution in [0.2, 0.25) is 5.02 Å². The molecule has 0 saturated heterocycles. The van der Waals surface area contributed by atoms with Gasteiger partial charge >= 0.3 is 5.97 Å². The fourth-order valence-corrected chi connectivity index (χ4v) is 2.80. The van der Waals surface area contributed by atoms with Crippen LogP contribution < -0.4 is 5.73 Å². The van der Waals surface area contributed by atoms with Crippen LogP contribution in [0.15, 0.2) is 41.4 Å². The van der Waals surface area contributed by atoms with Crippen molar-refractivity contribution in [3.05, 3.63) is 58.1 Å². The highest BCUT2D eigenvalue weighted by molar-refractivity contribution is 6.33. The molecule has 2 aromatic carbocycles. The number of nitrogens with two attached hydrogens (primary N) is 1. The molecule has 0 bridgehead atoms. The third kappa shape index (κ3) is 4.89. The monoisotopic (exact) mass is 376 g/mol. The number of nitrogens with zero attached hydrogens (tertiary/aromatic N) is 1. The number of aliphatic imine (C=N–C) groups is 1. The molecule has 0 amide bonds. The summed E-state index contributed by atoms with van der Waals surface area (Å²) in [6.45, 7) is 0.540. The lowest BCUT2D eigenvalue weighted by Crippen LogP contribution is -2.15. The van der Waals surface area contributed by atoms with Gasteiger partial charge in [-0.2, -0.15) is 0 Å². The molecule has 6 nitrogen and oxygen atoms in total. The van der Waals surface area contributed by atoms with Crippen molar-refractivity contribution < 1.29 is 19.7 Å². The lowest BCUT2D eigenvalue weighted by molar-refractivity contribution is 0.0596. The molecule has 0 saturated carbocycles. The van der Waals surface area contributed by atoms with E-state index in [0.717, 1.165) is 18.1 Å². The SMILES string of the molecule is COC(=O)c1c(O)cc(O)c(Cl)c1CCC(N)=NCCc1ccccc1. The third-order valence-corrected chi connectivity index (χ3v) is 4.32. The highest BCUT2D eigenvalue weighted by atomic mass is 35.5. The molecule has 7 heteroatoms. The lowest BCUT2D eigenvalue weighted by atomic mass is 10.0. The Hall–Kier alpha value is -2.73. The molecule has 0 aromatic heterocycles. The normalized spacial score (nSPS) is 11.4. The fraction of sp³-hybridized carbons (Fsp3) is 0.263. The number of ether oxygens (including phenoxy) is 1. The van der Waals surface area contributed by atoms with Crippen LogP contribution in [0.3, 0.4) is 0 Å². The number of amidine groups is 1. The molecule has 0 unspecified atom stereocenters. The minimum Gasteiger partial charge on any atom is -0.507 e. The molecule has 2 rings (SSSR count). The van der Waals surface area contributed by atoms with Crippen LogP contribution in [-0.2, 0) is 17.6 Å². The summed E-state index contributed by atoms with van der Waals surface area (Å²) >= 11 is 6.09. The molecular formula is C19H21ClN2O4. The number of esters is 1. The van der Waals surface area contributed by atoms with Gasteiger partial charge in [-0.1, -0.05) is 41.9 Å². The van der Waals surface area contributed by atoms with E-state index in [4.69, 9.17) is 17.3 Å². The van der Waals surface area contributed by atoms with Crippen molar-refractivity contribution in [1.82, 2.24) is 0 Å². The number of carbonyl (C=O) groups is 1. The smallest absolute Gasteiger partial charge is 0.341 e. The van der Waals surface area contributed by atoms with Gasteiger partial charge in [0.05, 0.1) is 18.0 Å². The molecule has 4 N–H and O–H groups in total. The summed E-state index contributed by atoms with van der Waals surface area (Å²) < 4.78 is 4.67. The van der Waals surface area contributed by atoms with E-state index in [-0.39, 0.29) is 28.3 Å². The minimum absolute atomic E-state index is 0.0136. The van der Waals surface area contributed by atoms with Crippen molar-refractivity contribution in [2.75, 3.05) is 13.7 Å². The first-order chi connectivity index (χ1) is 12.4. The van der Waals surface area contributed by atoms with Crippen molar-refractivity contribution in [2.45, 2.75) is 19.3 Å². The van der Waals surface area contributed by atoms with Crippen molar-refractivity contribution in [3.8, 4) is 11.5 Å². The van der Waals surface area contributed by atoms with E-state index in [2.05, 4.69) is 9.73 Å². The van der Waals surface area contributed by atoms with Gasteiger partial charge in [0.2, 0.25) is 0 Å². The average molecular weight is 377 g/mol. The Balaban J connectivity index is 2.08. The van der Waals surface area contributed by atoms with E-state index in [1.54, 1.807) is 0 Å². The van der Waals surface area contributed by atoms with Crippen LogP contribution in [-0.4, -0.2) is 35.7 Å². The molecular weight excluding hydrogens is 356 g/mol. The molecule has 0 heterocycles. The van der Waals surface area contributed by atoms with E-state index >= 15 is 0 Å². The first-order valence-electron chi connectivity index (χ1n) is 8.08. The molecule has 138 valence electrons. The Bertz CT molecular complexity index is 807. The number of aromatic hydroxyl groups is 2. The van der Waals surface area contributed by atoms with E-state index in [0.29, 0.717) is 18.8 Å². The molecule has 0 aliphatic heterocycles. The second-order valence-electron chi connectivity index (χ2n) is 5.68. The maximum atomic E-state index is 11.9. The molecule has 0 aliphatic carbocycles. The molecule has 26 heavy (non-hydrogen) atoms. The summed E-state index contributed by atoms with van der Waals surface area (Å²) in [5, 5.41) is 19.7. The quantitative estimate of drug-likeness (QED) is 0.391. The molecule has 0 radical (unpaired) electrons. The molecule has 2 aromatic rings. The van der Waals surface area contributed by atoms with Crippen LogP contribution >= 0.6 is 11.6 Å². The van der Waals surface area contributed by atoms with Gasteiger partial charge in [-0.15, -0.1) is 0 Å². The first kappa shape index (κ1) is 19.6. The Morgan fingerprint density at radius 3 is 2.54 bits per heavy atom. The number of hydrogen-bond donors (Lipinski definition) is 3. The van der Waals surface area contributed by atoms with Gasteiger partial charge < -0.3 is 20.7 Å². The van der Waals surface area contributed by atoms with Crippen molar-refractivity contribution >= 4 is 23.4 Å². The Morgan fingerprint density at radius 2 is 1.88 bits per heavy atom. The summed E-state index contributed by atoms with van der Waals surface area (Å²) in [5.74, 6) is -1.05. The van der Waals surface area contributed by atoms with Gasteiger partial charge in [0.25, 0.3) is 0 Å². The fourth-order valence-electron chi connectivity index (χ4n) is 2.55. The van der Waals surface area contributed by atoms with Crippen LogP contribution in [0.25, 0.3) is 0 Å². The van der Waals surface area contributed by atoms with E-state index in [1.807, 2.05) is 30.3 Å². The third-order valence-electron chi connectivity index (χ3n) is 3.90. The predicted molar refractivity (Wildman–Crippen MR) is 101 cm³/mol. The Labute approximate surface area is 156 Å². The highest BCUT2D eigenvalue weighted by Crippen LogP contribution is 2.37. The first-order valence-corrected chi connectivity index (χ1v) is 8.46. The maximum absolute atomic E-state index is 11.9. The Kier molecular flexibility index (Phi) is 6.86. The molecule has 0 fully saturated rings. The zero-order valence-corrected chi connectivity index (χ0v) is 15.2. The number of carbonyl (C=O) groups excluding carboxylic acids is 1. The van der Waals surface area contributed by atoms with Crippen molar-refractivity contribution in [2.24, 2.45) is 10.7 Å². The zero-order chi connectivity index (χ0) is 19.1. The number of methoxy groups -OCH3 is 1. The minimum atomic E-state index is -0.737. The predicted octanol–water partition coefficient (Wildman–Crippen LogP) is 3.07. The number of benzene rings is 2. The van der Waals surface area contributed by atoms with Crippen LogP contribution in [0, 0.1) is 0 Å². The second kappa shape index (κ2) is 9.10. The maximum Gasteiger partial charge on any atom is 0.341 e. The number of hydrogen-bond acceptors (Lipinski definition) is 5. The van der Waals surface area contributed by atoms with E-state index in [1.165, 1.54) is 7.11 Å². The molecule has 0 atom stereocenters. The topological polar surface area (TPSA) is 105 Å². The van der Waals surface area contributed by atoms with Crippen molar-refractivity contribution in [1.29, 1.82) is 0 Å². The van der Waals surface area contributed by atoms with Gasteiger partial charge in [0.15, 0.2) is 0 Å². The Morgan fingerprint density at radius 1 is 1.19 bits per heavy atom. The van der Waals surface area contributed by atoms with E-state index < -0.39 is 11.7 Å². The second-order valence-corrected chi connectivity index (χ2v) is 6.06. The van der Waals surface area contributed by atoms with Gasteiger partial charge in [0.1, 0.15) is 17.1 Å². The highest BCUT2D eigenvalue weighted by Gasteiger charge is 2.22. The molecule has 0 aliphatic rings. The number of rotatable bonds is 7. The van der Waals surface area contributed by atoms with Crippen LogP contribution in [0.5, 0.6) is 11.5 Å². The van der Waals surface area contributed by atoms with Gasteiger partial charge in [-0.25, -0.2) is 4.79 Å². The van der Waals surface area contributed by atoms with Crippen LogP contribution in [0.4, 0.5) is 0 Å². The summed E-state index contributed by atoms with van der Waals surface area (Å²) in [5.41, 5.74) is 7.30. The van der Waals surface area contributed by atoms with Crippen LogP contribution in [0.1, 0.15) is 27.9 Å². The van der Waals surface area contributed by atoms with Gasteiger partial charge in [-0.05, 0) is 24.0 Å². The zero-order valence-electron chi connectivity index (χ0n) is 14.4. The lowest BCUT2D eigenvalue weighted by Gasteiger charge is -2.13. The number of phenols is 2. The largest absolute Gasteiger partial charge is 0.507 e. The summed E-state index contributed by atoms with van der Waals surface area (Å²) in [6, 6.07) is 10.9. The molecule has 0 spiro atoms. The van der Waals surface area contributed by atoms with Crippen molar-refractivity contribution in [3.63, 3.8) is 0 Å². The number of halogens is 1. The standard InChI is InChI=1S/C19H21ClN2O4/c1-26-19(25)17-13(18(20)15(24)11-14(17)23)7-8-16(21)22-10-9-12-5-3-2-4-6-12/h2-6,11,23-24H,7-10H2,1H3,(H2,21,22). The van der Waals surface area contributed by atoms with Gasteiger partial charge in [0, 0.05) is 19.0 Å². The number of phenolic OH excluding ortho intramolecular Hbond substituents is 2. The van der Waals surface area contributed by atoms with E-state index in [9.17, 15) is 15.0 Å². The van der Waals surface area contributed by atoms with Gasteiger partial charge in [-0.3, -0.25) is 4.99 Å².